The van der Waals surface area contributed by atoms with Crippen LogP contribution in [-0.4, -0.2) is 29.1 Å². The Labute approximate surface area is 142 Å². The second-order valence-corrected chi connectivity index (χ2v) is 6.74. The Morgan fingerprint density at radius 2 is 2.21 bits per heavy atom. The summed E-state index contributed by atoms with van der Waals surface area (Å²) in [6, 6.07) is 8.56. The minimum atomic E-state index is 0.210. The van der Waals surface area contributed by atoms with E-state index in [2.05, 4.69) is 46.7 Å². The Morgan fingerprint density at radius 3 is 3.04 bits per heavy atom. The number of nitrogens with zero attached hydrogens (tertiary/aromatic N) is 3. The van der Waals surface area contributed by atoms with Gasteiger partial charge in [0.15, 0.2) is 0 Å². The molecule has 2 aromatic rings. The van der Waals surface area contributed by atoms with Gasteiger partial charge in [-0.05, 0) is 37.5 Å². The molecule has 0 bridgehead atoms. The summed E-state index contributed by atoms with van der Waals surface area (Å²) in [5.41, 5.74) is 10.7. The normalized spacial score (nSPS) is 20.1. The average Bonchev–Trinajstić information content (AvgIpc) is 3.04. The van der Waals surface area contributed by atoms with Crippen molar-refractivity contribution in [1.29, 1.82) is 0 Å². The van der Waals surface area contributed by atoms with E-state index in [4.69, 9.17) is 15.7 Å². The minimum absolute atomic E-state index is 0.210. The van der Waals surface area contributed by atoms with Gasteiger partial charge in [0.2, 0.25) is 5.95 Å². The van der Waals surface area contributed by atoms with Crippen LogP contribution in [0.5, 0.6) is 0 Å². The second kappa shape index (κ2) is 6.37. The monoisotopic (exact) mass is 324 g/mol. The van der Waals surface area contributed by atoms with E-state index < -0.39 is 0 Å². The fraction of sp³-hybridized carbons (Fsp3) is 0.444. The standard InChI is InChI=1S/C18H24N6/c1-12-4-2-6-14(8-12)21-17-15-9-20-10-16(15)22-18(23-17)24-7-3-5-13(19)11-24/h2,4,6,8,13,20H,3,5,7,9-11,19H2,1H3,(H,21,22,23). The first-order valence-electron chi connectivity index (χ1n) is 8.64. The number of fused-ring (bicyclic) bond motifs is 1. The van der Waals surface area contributed by atoms with Gasteiger partial charge in [-0.3, -0.25) is 0 Å². The van der Waals surface area contributed by atoms with Crippen LogP contribution in [0.3, 0.4) is 0 Å². The zero-order chi connectivity index (χ0) is 16.5. The lowest BCUT2D eigenvalue weighted by Crippen LogP contribution is -2.43. The lowest BCUT2D eigenvalue weighted by atomic mass is 10.1. The predicted molar refractivity (Wildman–Crippen MR) is 96.5 cm³/mol. The van der Waals surface area contributed by atoms with Crippen molar-refractivity contribution in [2.45, 2.75) is 38.9 Å². The maximum absolute atomic E-state index is 6.13. The highest BCUT2D eigenvalue weighted by Crippen LogP contribution is 2.28. The molecule has 4 rings (SSSR count). The lowest BCUT2D eigenvalue weighted by Gasteiger charge is -2.31. The molecule has 1 aromatic heterocycles. The van der Waals surface area contributed by atoms with E-state index in [-0.39, 0.29) is 6.04 Å². The van der Waals surface area contributed by atoms with Gasteiger partial charge in [0.25, 0.3) is 0 Å². The van der Waals surface area contributed by atoms with E-state index in [9.17, 15) is 0 Å². The van der Waals surface area contributed by atoms with E-state index in [1.54, 1.807) is 0 Å². The summed E-state index contributed by atoms with van der Waals surface area (Å²) in [7, 11) is 0. The molecule has 1 unspecified atom stereocenters. The first kappa shape index (κ1) is 15.4. The quantitative estimate of drug-likeness (QED) is 0.802. The third-order valence-electron chi connectivity index (χ3n) is 4.70. The summed E-state index contributed by atoms with van der Waals surface area (Å²) in [6.07, 6.45) is 2.18. The van der Waals surface area contributed by atoms with Crippen molar-refractivity contribution in [1.82, 2.24) is 15.3 Å². The summed E-state index contributed by atoms with van der Waals surface area (Å²) in [4.78, 5) is 11.8. The number of rotatable bonds is 3. The molecule has 1 aromatic carbocycles. The maximum atomic E-state index is 6.13. The molecule has 1 atom stereocenters. The molecule has 1 saturated heterocycles. The highest BCUT2D eigenvalue weighted by atomic mass is 15.3. The molecule has 0 saturated carbocycles. The van der Waals surface area contributed by atoms with Gasteiger partial charge in [-0.25, -0.2) is 4.98 Å². The highest BCUT2D eigenvalue weighted by molar-refractivity contribution is 5.63. The van der Waals surface area contributed by atoms with Crippen molar-refractivity contribution in [3.8, 4) is 0 Å². The third-order valence-corrected chi connectivity index (χ3v) is 4.70. The molecule has 2 aliphatic heterocycles. The number of aromatic nitrogens is 2. The van der Waals surface area contributed by atoms with Crippen molar-refractivity contribution in [3.63, 3.8) is 0 Å². The Hall–Kier alpha value is -2.18. The average molecular weight is 324 g/mol. The number of aryl methyl sites for hydroxylation is 1. The van der Waals surface area contributed by atoms with Crippen molar-refractivity contribution in [2.24, 2.45) is 5.73 Å². The summed E-state index contributed by atoms with van der Waals surface area (Å²) in [6.45, 7) is 5.51. The van der Waals surface area contributed by atoms with Gasteiger partial charge in [0.05, 0.1) is 5.69 Å². The van der Waals surface area contributed by atoms with Crippen LogP contribution in [0.1, 0.15) is 29.7 Å². The van der Waals surface area contributed by atoms with Crippen molar-refractivity contribution >= 4 is 17.5 Å². The molecular formula is C18H24N6. The van der Waals surface area contributed by atoms with Crippen molar-refractivity contribution in [3.05, 3.63) is 41.1 Å². The Morgan fingerprint density at radius 1 is 1.29 bits per heavy atom. The lowest BCUT2D eigenvalue weighted by molar-refractivity contribution is 0.499. The van der Waals surface area contributed by atoms with Crippen LogP contribution in [0.2, 0.25) is 0 Å². The molecular weight excluding hydrogens is 300 g/mol. The minimum Gasteiger partial charge on any atom is -0.340 e. The molecule has 0 amide bonds. The van der Waals surface area contributed by atoms with E-state index in [0.717, 1.165) is 62.2 Å². The van der Waals surface area contributed by atoms with Crippen LogP contribution in [0.25, 0.3) is 0 Å². The number of anilines is 3. The molecule has 6 heteroatoms. The van der Waals surface area contributed by atoms with Crippen LogP contribution < -0.4 is 21.3 Å². The van der Waals surface area contributed by atoms with Gasteiger partial charge in [0, 0.05) is 43.5 Å². The van der Waals surface area contributed by atoms with Gasteiger partial charge in [-0.15, -0.1) is 0 Å². The van der Waals surface area contributed by atoms with Gasteiger partial charge in [-0.2, -0.15) is 4.98 Å². The molecule has 0 spiro atoms. The van der Waals surface area contributed by atoms with Crippen LogP contribution in [-0.2, 0) is 13.1 Å². The van der Waals surface area contributed by atoms with Gasteiger partial charge < -0.3 is 21.3 Å². The largest absolute Gasteiger partial charge is 0.340 e. The second-order valence-electron chi connectivity index (χ2n) is 6.74. The smallest absolute Gasteiger partial charge is 0.227 e. The van der Waals surface area contributed by atoms with Gasteiger partial charge >= 0.3 is 0 Å². The Bertz CT molecular complexity index is 744. The first-order chi connectivity index (χ1) is 11.7. The van der Waals surface area contributed by atoms with E-state index in [1.165, 1.54) is 11.1 Å². The number of hydrogen-bond donors (Lipinski definition) is 3. The molecule has 126 valence electrons. The summed E-state index contributed by atoms with van der Waals surface area (Å²) < 4.78 is 0. The fourth-order valence-electron chi connectivity index (χ4n) is 3.45. The zero-order valence-corrected chi connectivity index (χ0v) is 14.0. The molecule has 0 radical (unpaired) electrons. The topological polar surface area (TPSA) is 79.1 Å². The van der Waals surface area contributed by atoms with Gasteiger partial charge in [-0.1, -0.05) is 12.1 Å². The molecule has 4 N–H and O–H groups in total. The van der Waals surface area contributed by atoms with Crippen molar-refractivity contribution < 1.29 is 0 Å². The molecule has 6 nitrogen and oxygen atoms in total. The zero-order valence-electron chi connectivity index (χ0n) is 14.0. The predicted octanol–water partition coefficient (Wildman–Crippen LogP) is 2.06. The van der Waals surface area contributed by atoms with Crippen LogP contribution in [0, 0.1) is 6.92 Å². The molecule has 2 aliphatic rings. The number of nitrogens with one attached hydrogen (secondary N) is 2. The Balaban J connectivity index is 1.67. The van der Waals surface area contributed by atoms with Crippen LogP contribution in [0.4, 0.5) is 17.5 Å². The number of piperidine rings is 1. The van der Waals surface area contributed by atoms with Gasteiger partial charge in [0.1, 0.15) is 5.82 Å². The first-order valence-corrected chi connectivity index (χ1v) is 8.64. The Kier molecular flexibility index (Phi) is 4.08. The molecule has 3 heterocycles. The summed E-state index contributed by atoms with van der Waals surface area (Å²) in [5.74, 6) is 1.70. The summed E-state index contributed by atoms with van der Waals surface area (Å²) >= 11 is 0. The van der Waals surface area contributed by atoms with E-state index >= 15 is 0 Å². The molecule has 24 heavy (non-hydrogen) atoms. The molecule has 0 aliphatic carbocycles. The van der Waals surface area contributed by atoms with Crippen LogP contribution >= 0.6 is 0 Å². The van der Waals surface area contributed by atoms with E-state index in [0.29, 0.717) is 0 Å². The van der Waals surface area contributed by atoms with Crippen molar-refractivity contribution in [2.75, 3.05) is 23.3 Å². The number of hydrogen-bond acceptors (Lipinski definition) is 6. The number of nitrogens with two attached hydrogens (primary N) is 1. The SMILES string of the molecule is Cc1cccc(Nc2nc(N3CCCC(N)C3)nc3c2CNC3)c1. The van der Waals surface area contributed by atoms with E-state index in [1.807, 2.05) is 0 Å². The third kappa shape index (κ3) is 3.07. The van der Waals surface area contributed by atoms with Crippen LogP contribution in [0.15, 0.2) is 24.3 Å². The highest BCUT2D eigenvalue weighted by Gasteiger charge is 2.24. The maximum Gasteiger partial charge on any atom is 0.227 e. The number of benzene rings is 1. The fourth-order valence-corrected chi connectivity index (χ4v) is 3.45. The molecule has 1 fully saturated rings. The summed E-state index contributed by atoms with van der Waals surface area (Å²) in [5, 5.41) is 6.87.